The lowest BCUT2D eigenvalue weighted by molar-refractivity contribution is 0.369. The quantitative estimate of drug-likeness (QED) is 0.815. The van der Waals surface area contributed by atoms with E-state index in [0.29, 0.717) is 6.54 Å². The van der Waals surface area contributed by atoms with Crippen LogP contribution in [0.2, 0.25) is 0 Å². The largest absolute Gasteiger partial charge is 0.504 e. The van der Waals surface area contributed by atoms with E-state index >= 15 is 0 Å². The highest BCUT2D eigenvalue weighted by atomic mass is 32.2. The van der Waals surface area contributed by atoms with Crippen LogP contribution in [0.1, 0.15) is 24.8 Å². The van der Waals surface area contributed by atoms with Crippen LogP contribution in [0.3, 0.4) is 0 Å². The van der Waals surface area contributed by atoms with E-state index in [2.05, 4.69) is 0 Å². The lowest BCUT2D eigenvalue weighted by Gasteiger charge is -2.24. The Labute approximate surface area is 142 Å². The number of benzene rings is 2. The van der Waals surface area contributed by atoms with Gasteiger partial charge in [0, 0.05) is 18.7 Å². The van der Waals surface area contributed by atoms with Crippen LogP contribution in [0.4, 0.5) is 0 Å². The Morgan fingerprint density at radius 3 is 2.50 bits per heavy atom. The molecular formula is C18H21NO4S. The van der Waals surface area contributed by atoms with Crippen molar-refractivity contribution < 1.29 is 18.6 Å². The Morgan fingerprint density at radius 2 is 1.79 bits per heavy atom. The van der Waals surface area contributed by atoms with Crippen molar-refractivity contribution in [3.63, 3.8) is 0 Å². The zero-order valence-corrected chi connectivity index (χ0v) is 14.1. The number of phenols is 2. The molecule has 1 saturated heterocycles. The number of aryl methyl sites for hydroxylation is 1. The molecule has 0 spiro atoms. The van der Waals surface area contributed by atoms with Gasteiger partial charge in [-0.3, -0.25) is 0 Å². The third kappa shape index (κ3) is 3.39. The van der Waals surface area contributed by atoms with Crippen LogP contribution in [-0.2, 0) is 16.4 Å². The molecule has 0 aliphatic carbocycles. The summed E-state index contributed by atoms with van der Waals surface area (Å²) in [5, 5.41) is 19.0. The number of hydrogen-bond donors (Lipinski definition) is 2. The summed E-state index contributed by atoms with van der Waals surface area (Å²) in [6, 6.07) is 13.6. The highest BCUT2D eigenvalue weighted by Crippen LogP contribution is 2.32. The number of nitrogens with zero attached hydrogens (tertiary/aromatic N) is 1. The summed E-state index contributed by atoms with van der Waals surface area (Å²) in [6.45, 7) is 0.490. The van der Waals surface area contributed by atoms with E-state index < -0.39 is 15.8 Å². The van der Waals surface area contributed by atoms with E-state index in [-0.39, 0.29) is 16.7 Å². The van der Waals surface area contributed by atoms with Crippen molar-refractivity contribution in [1.82, 2.24) is 4.31 Å². The lowest BCUT2D eigenvalue weighted by Crippen LogP contribution is -2.35. The van der Waals surface area contributed by atoms with Crippen LogP contribution in [0.5, 0.6) is 11.5 Å². The zero-order chi connectivity index (χ0) is 17.2. The summed E-state index contributed by atoms with van der Waals surface area (Å²) < 4.78 is 27.2. The van der Waals surface area contributed by atoms with Gasteiger partial charge >= 0.3 is 0 Å². The monoisotopic (exact) mass is 347 g/mol. The van der Waals surface area contributed by atoms with Gasteiger partial charge in [0.25, 0.3) is 0 Å². The van der Waals surface area contributed by atoms with E-state index in [0.717, 1.165) is 31.7 Å². The highest BCUT2D eigenvalue weighted by molar-refractivity contribution is 7.89. The molecule has 24 heavy (non-hydrogen) atoms. The molecule has 0 bridgehead atoms. The predicted octanol–water partition coefficient (Wildman–Crippen LogP) is 2.88. The van der Waals surface area contributed by atoms with Crippen molar-refractivity contribution in [2.45, 2.75) is 36.6 Å². The molecule has 128 valence electrons. The van der Waals surface area contributed by atoms with Gasteiger partial charge in [-0.25, -0.2) is 8.42 Å². The molecule has 2 aromatic rings. The molecule has 6 heteroatoms. The SMILES string of the molecule is O=S(=O)(c1ccc(O)c(O)c1)N1CCCC1CCc1ccccc1. The number of aromatic hydroxyl groups is 2. The smallest absolute Gasteiger partial charge is 0.243 e. The molecule has 3 rings (SSSR count). The molecule has 2 aromatic carbocycles. The summed E-state index contributed by atoms with van der Waals surface area (Å²) >= 11 is 0. The summed E-state index contributed by atoms with van der Waals surface area (Å²) in [5.41, 5.74) is 1.20. The molecule has 0 radical (unpaired) electrons. The van der Waals surface area contributed by atoms with Gasteiger partial charge in [0.1, 0.15) is 0 Å². The molecule has 5 nitrogen and oxygen atoms in total. The van der Waals surface area contributed by atoms with Crippen LogP contribution in [0.25, 0.3) is 0 Å². The number of hydrogen-bond acceptors (Lipinski definition) is 4. The molecule has 0 amide bonds. The fourth-order valence-corrected chi connectivity index (χ4v) is 4.94. The van der Waals surface area contributed by atoms with Gasteiger partial charge in [-0.05, 0) is 43.4 Å². The first-order valence-electron chi connectivity index (χ1n) is 8.06. The molecule has 1 fully saturated rings. The number of phenolic OH excluding ortho intramolecular Hbond substituents is 2. The van der Waals surface area contributed by atoms with Gasteiger partial charge in [0.2, 0.25) is 10.0 Å². The first-order valence-corrected chi connectivity index (χ1v) is 9.50. The Balaban J connectivity index is 1.77. The summed E-state index contributed by atoms with van der Waals surface area (Å²) in [4.78, 5) is 0.0180. The predicted molar refractivity (Wildman–Crippen MR) is 91.4 cm³/mol. The first kappa shape index (κ1) is 16.8. The average molecular weight is 347 g/mol. The van der Waals surface area contributed by atoms with Gasteiger partial charge in [0.15, 0.2) is 11.5 Å². The molecule has 1 atom stereocenters. The van der Waals surface area contributed by atoms with Crippen molar-refractivity contribution in [3.05, 3.63) is 54.1 Å². The van der Waals surface area contributed by atoms with E-state index in [1.165, 1.54) is 22.0 Å². The van der Waals surface area contributed by atoms with Gasteiger partial charge in [-0.1, -0.05) is 30.3 Å². The van der Waals surface area contributed by atoms with Crippen LogP contribution in [-0.4, -0.2) is 35.5 Å². The molecular weight excluding hydrogens is 326 g/mol. The standard InChI is InChI=1S/C18H21NO4S/c20-17-11-10-16(13-18(17)21)24(22,23)19-12-4-7-15(19)9-8-14-5-2-1-3-6-14/h1-3,5-6,10-11,13,15,20-21H,4,7-9,12H2. The van der Waals surface area contributed by atoms with E-state index in [1.54, 1.807) is 0 Å². The molecule has 0 aromatic heterocycles. The average Bonchev–Trinajstić information content (AvgIpc) is 3.06. The lowest BCUT2D eigenvalue weighted by atomic mass is 10.0. The second-order valence-corrected chi connectivity index (χ2v) is 7.98. The topological polar surface area (TPSA) is 77.8 Å². The van der Waals surface area contributed by atoms with Crippen LogP contribution < -0.4 is 0 Å². The van der Waals surface area contributed by atoms with Crippen molar-refractivity contribution in [1.29, 1.82) is 0 Å². The van der Waals surface area contributed by atoms with Crippen molar-refractivity contribution in [3.8, 4) is 11.5 Å². The fourth-order valence-electron chi connectivity index (χ4n) is 3.19. The molecule has 2 N–H and O–H groups in total. The van der Waals surface area contributed by atoms with Crippen molar-refractivity contribution >= 4 is 10.0 Å². The normalized spacial score (nSPS) is 18.8. The number of rotatable bonds is 5. The second-order valence-electron chi connectivity index (χ2n) is 6.09. The minimum absolute atomic E-state index is 0.0180. The fraction of sp³-hybridized carbons (Fsp3) is 0.333. The summed E-state index contributed by atoms with van der Waals surface area (Å²) in [7, 11) is -3.67. The summed E-state index contributed by atoms with van der Waals surface area (Å²) in [5.74, 6) is -0.743. The minimum Gasteiger partial charge on any atom is -0.504 e. The Bertz CT molecular complexity index is 805. The first-order chi connectivity index (χ1) is 11.5. The van der Waals surface area contributed by atoms with Crippen LogP contribution in [0, 0.1) is 0 Å². The Hall–Kier alpha value is -2.05. The van der Waals surface area contributed by atoms with Crippen LogP contribution in [0.15, 0.2) is 53.4 Å². The van der Waals surface area contributed by atoms with Crippen molar-refractivity contribution in [2.75, 3.05) is 6.54 Å². The Morgan fingerprint density at radius 1 is 1.04 bits per heavy atom. The molecule has 0 saturated carbocycles. The second kappa shape index (κ2) is 6.83. The van der Waals surface area contributed by atoms with E-state index in [1.807, 2.05) is 30.3 Å². The molecule has 1 aliphatic heterocycles. The molecule has 1 unspecified atom stereocenters. The highest BCUT2D eigenvalue weighted by Gasteiger charge is 2.35. The van der Waals surface area contributed by atoms with Gasteiger partial charge in [-0.2, -0.15) is 4.31 Å². The molecule has 1 heterocycles. The van der Waals surface area contributed by atoms with Gasteiger partial charge in [-0.15, -0.1) is 0 Å². The number of sulfonamides is 1. The maximum atomic E-state index is 12.9. The molecule has 1 aliphatic rings. The summed E-state index contributed by atoms with van der Waals surface area (Å²) in [6.07, 6.45) is 3.28. The zero-order valence-electron chi connectivity index (χ0n) is 13.3. The third-order valence-electron chi connectivity index (χ3n) is 4.49. The van der Waals surface area contributed by atoms with E-state index in [9.17, 15) is 18.6 Å². The minimum atomic E-state index is -3.67. The van der Waals surface area contributed by atoms with E-state index in [4.69, 9.17) is 0 Å². The maximum absolute atomic E-state index is 12.9. The van der Waals surface area contributed by atoms with Crippen LogP contribution >= 0.6 is 0 Å². The third-order valence-corrected chi connectivity index (χ3v) is 6.43. The maximum Gasteiger partial charge on any atom is 0.243 e. The van der Waals surface area contributed by atoms with Gasteiger partial charge < -0.3 is 10.2 Å². The Kier molecular flexibility index (Phi) is 4.78. The van der Waals surface area contributed by atoms with Crippen molar-refractivity contribution in [2.24, 2.45) is 0 Å². The van der Waals surface area contributed by atoms with Gasteiger partial charge in [0.05, 0.1) is 4.90 Å².